The Morgan fingerprint density at radius 3 is 2.32 bits per heavy atom. The summed E-state index contributed by atoms with van der Waals surface area (Å²) in [5, 5.41) is 6.95. The van der Waals surface area contributed by atoms with E-state index < -0.39 is 10.3 Å². The minimum Gasteiger partial charge on any atom is -0.465 e. The van der Waals surface area contributed by atoms with E-state index in [1.54, 1.807) is 0 Å². The van der Waals surface area contributed by atoms with E-state index in [0.717, 1.165) is 22.5 Å². The lowest BCUT2D eigenvalue weighted by Gasteiger charge is -2.41. The first-order valence-electron chi connectivity index (χ1n) is 9.81. The zero-order valence-corrected chi connectivity index (χ0v) is 19.4. The molecule has 0 saturated carbocycles. The number of hydrogen-bond acceptors (Lipinski definition) is 8. The lowest BCUT2D eigenvalue weighted by atomic mass is 10.2. The van der Waals surface area contributed by atoms with Crippen LogP contribution in [0.2, 0.25) is 0 Å². The summed E-state index contributed by atoms with van der Waals surface area (Å²) in [6.45, 7) is 6.00. The highest BCUT2D eigenvalue weighted by Crippen LogP contribution is 2.59. The molecule has 1 atom stereocenters. The number of allylic oxidation sites excluding steroid dienone is 1. The number of rotatable bonds is 5. The van der Waals surface area contributed by atoms with Crippen molar-refractivity contribution in [1.29, 1.82) is 0 Å². The van der Waals surface area contributed by atoms with Gasteiger partial charge in [-0.1, -0.05) is 59.8 Å². The quantitative estimate of drug-likeness (QED) is 0.607. The molecule has 0 N–H and O–H groups in total. The predicted octanol–water partition coefficient (Wildman–Crippen LogP) is 4.72. The van der Waals surface area contributed by atoms with Gasteiger partial charge in [0.1, 0.15) is 4.91 Å². The lowest BCUT2D eigenvalue weighted by molar-refractivity contribution is -0.135. The number of Topliss-reactive ketones (excluding diaryl/α,β-unsaturated/α-hetero) is 1. The Kier molecular flexibility index (Phi) is 5.85. The van der Waals surface area contributed by atoms with Crippen molar-refractivity contribution in [3.63, 3.8) is 0 Å². The number of carbonyl (C=O) groups excluding carboxylic acids is 2. The van der Waals surface area contributed by atoms with Gasteiger partial charge in [-0.25, -0.2) is 9.80 Å². The summed E-state index contributed by atoms with van der Waals surface area (Å²) in [6, 6.07) is 18.0. The van der Waals surface area contributed by atoms with E-state index in [0.29, 0.717) is 16.5 Å². The fraction of sp³-hybridized carbons (Fsp3) is 0.261. The van der Waals surface area contributed by atoms with Crippen LogP contribution in [0, 0.1) is 6.92 Å². The van der Waals surface area contributed by atoms with E-state index in [1.807, 2.05) is 73.5 Å². The molecule has 1 spiro atoms. The molecule has 0 radical (unpaired) electrons. The van der Waals surface area contributed by atoms with Crippen LogP contribution in [0.15, 0.2) is 70.3 Å². The first-order valence-corrected chi connectivity index (χ1v) is 11.4. The average Bonchev–Trinajstić information content (AvgIpc) is 3.28. The molecule has 2 aliphatic heterocycles. The van der Waals surface area contributed by atoms with Crippen molar-refractivity contribution in [2.75, 3.05) is 12.1 Å². The third-order valence-corrected chi connectivity index (χ3v) is 8.18. The van der Waals surface area contributed by atoms with Crippen LogP contribution in [0.1, 0.15) is 25.0 Å². The summed E-state index contributed by atoms with van der Waals surface area (Å²) in [6.07, 6.45) is 0. The number of ketones is 1. The fourth-order valence-electron chi connectivity index (χ4n) is 3.49. The molecule has 0 unspecified atom stereocenters. The zero-order chi connectivity index (χ0) is 22.2. The molecular formula is C23H23N3O3S2. The normalized spacial score (nSPS) is 20.5. The summed E-state index contributed by atoms with van der Waals surface area (Å²) in [4.78, 5) is 27.6. The van der Waals surface area contributed by atoms with E-state index in [-0.39, 0.29) is 5.78 Å². The van der Waals surface area contributed by atoms with Gasteiger partial charge < -0.3 is 9.64 Å². The van der Waals surface area contributed by atoms with Crippen molar-refractivity contribution >= 4 is 46.0 Å². The number of methoxy groups -OCH3 is 1. The lowest BCUT2D eigenvalue weighted by Crippen LogP contribution is -2.48. The molecule has 4 rings (SSSR count). The molecule has 0 bridgehead atoms. The number of aryl methyl sites for hydroxylation is 1. The van der Waals surface area contributed by atoms with Gasteiger partial charge in [0.25, 0.3) is 0 Å². The minimum atomic E-state index is -0.848. The second kappa shape index (κ2) is 8.43. The number of carbonyl (C=O) groups is 2. The molecular weight excluding hydrogens is 430 g/mol. The Labute approximate surface area is 190 Å². The van der Waals surface area contributed by atoms with Crippen molar-refractivity contribution in [2.45, 2.75) is 31.6 Å². The largest absolute Gasteiger partial charge is 0.465 e. The van der Waals surface area contributed by atoms with Crippen molar-refractivity contribution < 1.29 is 14.3 Å². The van der Waals surface area contributed by atoms with E-state index in [9.17, 15) is 9.59 Å². The van der Waals surface area contributed by atoms with Crippen molar-refractivity contribution in [3.05, 3.63) is 76.3 Å². The van der Waals surface area contributed by atoms with Crippen LogP contribution in [0.4, 0.5) is 5.69 Å². The number of hydrazone groups is 1. The number of anilines is 1. The number of hydrogen-bond donors (Lipinski definition) is 0. The SMILES string of the molecule is COC(=O)C1=C(C)N(Cc2ccccc2)[C@@]2(SC(C(C)=O)=NN2c2ccc(C)cc2)S1. The van der Waals surface area contributed by atoms with Crippen LogP contribution in [0.25, 0.3) is 0 Å². The van der Waals surface area contributed by atoms with E-state index in [4.69, 9.17) is 9.84 Å². The van der Waals surface area contributed by atoms with Crippen LogP contribution < -0.4 is 5.01 Å². The zero-order valence-electron chi connectivity index (χ0n) is 17.8. The van der Waals surface area contributed by atoms with Gasteiger partial charge in [-0.3, -0.25) is 4.79 Å². The van der Waals surface area contributed by atoms with Crippen LogP contribution in [0.5, 0.6) is 0 Å². The molecule has 2 aromatic carbocycles. The Hall–Kier alpha value is -2.71. The van der Waals surface area contributed by atoms with Gasteiger partial charge in [-0.15, -0.1) is 0 Å². The van der Waals surface area contributed by atoms with Crippen molar-refractivity contribution in [2.24, 2.45) is 5.10 Å². The topological polar surface area (TPSA) is 62.2 Å². The van der Waals surface area contributed by atoms with Crippen LogP contribution in [-0.2, 0) is 20.9 Å². The van der Waals surface area contributed by atoms with Gasteiger partial charge >= 0.3 is 5.97 Å². The maximum absolute atomic E-state index is 12.6. The van der Waals surface area contributed by atoms with Gasteiger partial charge in [0, 0.05) is 19.2 Å². The maximum Gasteiger partial charge on any atom is 0.346 e. The second-order valence-electron chi connectivity index (χ2n) is 7.34. The fourth-order valence-corrected chi connectivity index (χ4v) is 6.44. The molecule has 2 aromatic rings. The molecule has 0 amide bonds. The predicted molar refractivity (Wildman–Crippen MR) is 126 cm³/mol. The highest BCUT2D eigenvalue weighted by Gasteiger charge is 2.57. The number of benzene rings is 2. The van der Waals surface area contributed by atoms with E-state index in [2.05, 4.69) is 4.90 Å². The number of thioether (sulfide) groups is 2. The van der Waals surface area contributed by atoms with Crippen LogP contribution >= 0.6 is 23.5 Å². The molecule has 0 aliphatic carbocycles. The van der Waals surface area contributed by atoms with Crippen molar-refractivity contribution in [1.82, 2.24) is 4.90 Å². The number of esters is 1. The molecule has 160 valence electrons. The van der Waals surface area contributed by atoms with Gasteiger partial charge in [0.2, 0.25) is 4.33 Å². The monoisotopic (exact) mass is 453 g/mol. The molecule has 2 aliphatic rings. The summed E-state index contributed by atoms with van der Waals surface area (Å²) in [7, 11) is 1.38. The van der Waals surface area contributed by atoms with Crippen molar-refractivity contribution in [3.8, 4) is 0 Å². The highest BCUT2D eigenvalue weighted by molar-refractivity contribution is 8.28. The summed E-state index contributed by atoms with van der Waals surface area (Å²) in [5.74, 6) is -0.499. The highest BCUT2D eigenvalue weighted by atomic mass is 32.2. The summed E-state index contributed by atoms with van der Waals surface area (Å²) in [5.41, 5.74) is 3.86. The first kappa shape index (κ1) is 21.5. The Morgan fingerprint density at radius 1 is 1.03 bits per heavy atom. The molecule has 0 fully saturated rings. The third-order valence-electron chi connectivity index (χ3n) is 5.13. The van der Waals surface area contributed by atoms with Crippen LogP contribution in [0.3, 0.4) is 0 Å². The molecule has 31 heavy (non-hydrogen) atoms. The third kappa shape index (κ3) is 3.85. The Bertz CT molecular complexity index is 1080. The van der Waals surface area contributed by atoms with E-state index in [1.165, 1.54) is 37.6 Å². The molecule has 6 nitrogen and oxygen atoms in total. The summed E-state index contributed by atoms with van der Waals surface area (Å²) >= 11 is 2.73. The number of ether oxygens (including phenoxy) is 1. The minimum absolute atomic E-state index is 0.108. The average molecular weight is 454 g/mol. The summed E-state index contributed by atoms with van der Waals surface area (Å²) < 4.78 is 4.21. The molecule has 0 saturated heterocycles. The first-order chi connectivity index (χ1) is 14.9. The van der Waals surface area contributed by atoms with Crippen LogP contribution in [-0.4, -0.2) is 33.1 Å². The van der Waals surface area contributed by atoms with E-state index >= 15 is 0 Å². The van der Waals surface area contributed by atoms with Gasteiger partial charge in [0.05, 0.1) is 12.8 Å². The van der Waals surface area contributed by atoms with Gasteiger partial charge in [-0.05, 0) is 43.3 Å². The van der Waals surface area contributed by atoms with Gasteiger partial charge in [-0.2, -0.15) is 5.10 Å². The molecule has 0 aromatic heterocycles. The molecule has 2 heterocycles. The maximum atomic E-state index is 12.6. The molecule has 8 heteroatoms. The smallest absolute Gasteiger partial charge is 0.346 e. The number of nitrogens with zero attached hydrogens (tertiary/aromatic N) is 3. The van der Waals surface area contributed by atoms with Gasteiger partial charge in [0.15, 0.2) is 10.8 Å². The Balaban J connectivity index is 1.84. The second-order valence-corrected chi connectivity index (χ2v) is 9.94. The standard InChI is InChI=1S/C23H23N3O3S2/c1-15-10-12-19(13-11-15)26-23(31-21(24-26)17(3)27)25(14-18-8-6-5-7-9-18)16(2)20(30-23)22(28)29-4/h5-13H,14H2,1-4H3/t23-/m0/s1. The Morgan fingerprint density at radius 2 is 1.71 bits per heavy atom.